The fourth-order valence-electron chi connectivity index (χ4n) is 3.73. The molecule has 102 valence electrons. The number of aliphatic hydroxyl groups is 1. The highest BCUT2D eigenvalue weighted by Crippen LogP contribution is 2.49. The van der Waals surface area contributed by atoms with Crippen LogP contribution >= 0.6 is 0 Å². The second-order valence-electron chi connectivity index (χ2n) is 5.97. The van der Waals surface area contributed by atoms with E-state index in [1.807, 2.05) is 0 Å². The van der Waals surface area contributed by atoms with E-state index in [-0.39, 0.29) is 5.41 Å². The Bertz CT molecular complexity index is 221. The van der Waals surface area contributed by atoms with Gasteiger partial charge < -0.3 is 10.8 Å². The lowest BCUT2D eigenvalue weighted by atomic mass is 9.59. The van der Waals surface area contributed by atoms with Gasteiger partial charge in [-0.3, -0.25) is 0 Å². The number of hydrogen-bond donors (Lipinski definition) is 2. The van der Waals surface area contributed by atoms with Gasteiger partial charge in [0.25, 0.3) is 0 Å². The molecular formula is C15H31NO. The Labute approximate surface area is 107 Å². The van der Waals surface area contributed by atoms with Crippen LogP contribution in [0.4, 0.5) is 0 Å². The predicted molar refractivity (Wildman–Crippen MR) is 73.9 cm³/mol. The molecule has 0 radical (unpaired) electrons. The third kappa shape index (κ3) is 2.85. The summed E-state index contributed by atoms with van der Waals surface area (Å²) < 4.78 is 0. The number of nitrogens with two attached hydrogens (primary N) is 1. The van der Waals surface area contributed by atoms with Gasteiger partial charge in [0, 0.05) is 12.0 Å². The van der Waals surface area contributed by atoms with Gasteiger partial charge in [-0.25, -0.2) is 0 Å². The van der Waals surface area contributed by atoms with Crippen LogP contribution in [0.25, 0.3) is 0 Å². The van der Waals surface area contributed by atoms with E-state index in [2.05, 4.69) is 20.8 Å². The van der Waals surface area contributed by atoms with E-state index >= 15 is 0 Å². The maximum absolute atomic E-state index is 11.0. The standard InChI is InChI=1S/C15H31NO/c1-4-9-15(17,6-3)14(12-16)10-7-13(5-2)8-11-14/h13,17H,4-12,16H2,1-3H3. The van der Waals surface area contributed by atoms with Crippen molar-refractivity contribution in [2.24, 2.45) is 17.1 Å². The van der Waals surface area contributed by atoms with Crippen LogP contribution in [0.5, 0.6) is 0 Å². The monoisotopic (exact) mass is 241 g/mol. The van der Waals surface area contributed by atoms with Crippen LogP contribution < -0.4 is 5.73 Å². The maximum atomic E-state index is 11.0. The van der Waals surface area contributed by atoms with Crippen molar-refractivity contribution in [2.75, 3.05) is 6.54 Å². The Morgan fingerprint density at radius 2 is 1.82 bits per heavy atom. The van der Waals surface area contributed by atoms with E-state index < -0.39 is 5.60 Å². The van der Waals surface area contributed by atoms with Crippen molar-refractivity contribution >= 4 is 0 Å². The normalized spacial score (nSPS) is 33.4. The van der Waals surface area contributed by atoms with Crippen molar-refractivity contribution in [2.45, 2.75) is 77.7 Å². The first-order valence-corrected chi connectivity index (χ1v) is 7.50. The number of rotatable bonds is 6. The highest BCUT2D eigenvalue weighted by Gasteiger charge is 2.48. The van der Waals surface area contributed by atoms with Crippen LogP contribution in [0.1, 0.15) is 72.1 Å². The Morgan fingerprint density at radius 1 is 1.24 bits per heavy atom. The third-order valence-corrected chi connectivity index (χ3v) is 5.27. The molecule has 1 rings (SSSR count). The van der Waals surface area contributed by atoms with E-state index in [0.717, 1.165) is 38.0 Å². The lowest BCUT2D eigenvalue weighted by Crippen LogP contribution is -2.54. The van der Waals surface area contributed by atoms with Gasteiger partial charge in [-0.05, 0) is 44.4 Å². The largest absolute Gasteiger partial charge is 0.389 e. The first-order valence-electron chi connectivity index (χ1n) is 7.50. The Balaban J connectivity index is 2.81. The summed E-state index contributed by atoms with van der Waals surface area (Å²) in [6, 6.07) is 0. The van der Waals surface area contributed by atoms with Crippen molar-refractivity contribution < 1.29 is 5.11 Å². The summed E-state index contributed by atoms with van der Waals surface area (Å²) in [7, 11) is 0. The molecule has 0 amide bonds. The first-order chi connectivity index (χ1) is 8.07. The molecule has 0 aromatic heterocycles. The van der Waals surface area contributed by atoms with Crippen molar-refractivity contribution in [3.63, 3.8) is 0 Å². The molecule has 2 nitrogen and oxygen atoms in total. The molecule has 0 bridgehead atoms. The summed E-state index contributed by atoms with van der Waals surface area (Å²) in [5.74, 6) is 0.859. The molecule has 1 aliphatic carbocycles. The average Bonchev–Trinajstić information content (AvgIpc) is 2.38. The minimum atomic E-state index is -0.533. The van der Waals surface area contributed by atoms with Crippen LogP contribution in [0.15, 0.2) is 0 Å². The molecule has 3 N–H and O–H groups in total. The van der Waals surface area contributed by atoms with Crippen molar-refractivity contribution in [1.82, 2.24) is 0 Å². The third-order valence-electron chi connectivity index (χ3n) is 5.27. The highest BCUT2D eigenvalue weighted by atomic mass is 16.3. The topological polar surface area (TPSA) is 46.2 Å². The summed E-state index contributed by atoms with van der Waals surface area (Å²) in [5, 5.41) is 11.0. The van der Waals surface area contributed by atoms with E-state index in [1.165, 1.54) is 19.3 Å². The minimum Gasteiger partial charge on any atom is -0.389 e. The van der Waals surface area contributed by atoms with Gasteiger partial charge in [-0.2, -0.15) is 0 Å². The zero-order chi connectivity index (χ0) is 12.9. The van der Waals surface area contributed by atoms with Crippen molar-refractivity contribution in [3.8, 4) is 0 Å². The molecule has 1 aliphatic rings. The zero-order valence-electron chi connectivity index (χ0n) is 12.0. The molecule has 0 aliphatic heterocycles. The SMILES string of the molecule is CCCC(O)(CC)C1(CN)CCC(CC)CC1. The molecule has 1 atom stereocenters. The lowest BCUT2D eigenvalue weighted by Gasteiger charge is -2.50. The van der Waals surface area contributed by atoms with Gasteiger partial charge in [0.05, 0.1) is 5.60 Å². The Hall–Kier alpha value is -0.0800. The molecule has 0 saturated heterocycles. The predicted octanol–water partition coefficient (Wildman–Crippen LogP) is 3.47. The molecule has 1 unspecified atom stereocenters. The maximum Gasteiger partial charge on any atom is 0.0713 e. The smallest absolute Gasteiger partial charge is 0.0713 e. The van der Waals surface area contributed by atoms with E-state index in [4.69, 9.17) is 5.73 Å². The molecule has 0 aromatic rings. The van der Waals surface area contributed by atoms with Crippen LogP contribution in [0.2, 0.25) is 0 Å². The van der Waals surface area contributed by atoms with Crippen molar-refractivity contribution in [3.05, 3.63) is 0 Å². The number of hydrogen-bond acceptors (Lipinski definition) is 2. The van der Waals surface area contributed by atoms with E-state index in [0.29, 0.717) is 6.54 Å². The van der Waals surface area contributed by atoms with Gasteiger partial charge in [-0.15, -0.1) is 0 Å². The highest BCUT2D eigenvalue weighted by molar-refractivity contribution is 5.01. The van der Waals surface area contributed by atoms with Gasteiger partial charge >= 0.3 is 0 Å². The van der Waals surface area contributed by atoms with Gasteiger partial charge in [0.15, 0.2) is 0 Å². The fourth-order valence-corrected chi connectivity index (χ4v) is 3.73. The molecular weight excluding hydrogens is 210 g/mol. The summed E-state index contributed by atoms with van der Waals surface area (Å²) in [4.78, 5) is 0. The Morgan fingerprint density at radius 3 is 2.18 bits per heavy atom. The molecule has 0 aromatic carbocycles. The average molecular weight is 241 g/mol. The summed E-state index contributed by atoms with van der Waals surface area (Å²) in [6.45, 7) is 7.19. The van der Waals surface area contributed by atoms with Crippen LogP contribution in [0.3, 0.4) is 0 Å². The molecule has 1 fully saturated rings. The van der Waals surface area contributed by atoms with Gasteiger partial charge in [0.2, 0.25) is 0 Å². The zero-order valence-corrected chi connectivity index (χ0v) is 12.0. The molecule has 0 heterocycles. The van der Waals surface area contributed by atoms with Gasteiger partial charge in [-0.1, -0.05) is 33.6 Å². The summed E-state index contributed by atoms with van der Waals surface area (Å²) in [6.07, 6.45) is 8.80. The minimum absolute atomic E-state index is 0.0105. The van der Waals surface area contributed by atoms with Crippen LogP contribution in [0, 0.1) is 11.3 Å². The lowest BCUT2D eigenvalue weighted by molar-refractivity contribution is -0.113. The second kappa shape index (κ2) is 6.19. The molecule has 17 heavy (non-hydrogen) atoms. The Kier molecular flexibility index (Phi) is 5.46. The molecule has 1 saturated carbocycles. The van der Waals surface area contributed by atoms with E-state index in [9.17, 15) is 5.11 Å². The van der Waals surface area contributed by atoms with Gasteiger partial charge in [0.1, 0.15) is 0 Å². The fraction of sp³-hybridized carbons (Fsp3) is 1.00. The summed E-state index contributed by atoms with van der Waals surface area (Å²) >= 11 is 0. The molecule has 2 heteroatoms. The van der Waals surface area contributed by atoms with Crippen LogP contribution in [-0.4, -0.2) is 17.3 Å². The quantitative estimate of drug-likeness (QED) is 0.748. The van der Waals surface area contributed by atoms with Crippen LogP contribution in [-0.2, 0) is 0 Å². The second-order valence-corrected chi connectivity index (χ2v) is 5.97. The molecule has 0 spiro atoms. The first kappa shape index (κ1) is 15.0. The van der Waals surface area contributed by atoms with E-state index in [1.54, 1.807) is 0 Å². The van der Waals surface area contributed by atoms with Crippen molar-refractivity contribution in [1.29, 1.82) is 0 Å². The summed E-state index contributed by atoms with van der Waals surface area (Å²) in [5.41, 5.74) is 5.51.